The number of rotatable bonds is 10. The van der Waals surface area contributed by atoms with E-state index in [1.54, 1.807) is 0 Å². The molecule has 3 atom stereocenters. The molecule has 3 unspecified atom stereocenters. The SMILES string of the molecule is OCCOCCOCCOCC1CCC2OC2C1. The highest BCUT2D eigenvalue weighted by atomic mass is 16.6. The molecule has 5 heteroatoms. The van der Waals surface area contributed by atoms with Crippen molar-refractivity contribution in [2.24, 2.45) is 5.92 Å². The Morgan fingerprint density at radius 1 is 0.889 bits per heavy atom. The third-order valence-electron chi connectivity index (χ3n) is 3.45. The lowest BCUT2D eigenvalue weighted by atomic mass is 9.90. The van der Waals surface area contributed by atoms with Gasteiger partial charge in [0.15, 0.2) is 0 Å². The smallest absolute Gasteiger partial charge is 0.0845 e. The molecule has 106 valence electrons. The van der Waals surface area contributed by atoms with Crippen molar-refractivity contribution in [2.75, 3.05) is 46.2 Å². The van der Waals surface area contributed by atoms with Gasteiger partial charge in [-0.15, -0.1) is 0 Å². The van der Waals surface area contributed by atoms with Crippen molar-refractivity contribution in [1.29, 1.82) is 0 Å². The maximum absolute atomic E-state index is 8.49. The fourth-order valence-corrected chi connectivity index (χ4v) is 2.39. The van der Waals surface area contributed by atoms with Crippen molar-refractivity contribution in [2.45, 2.75) is 31.5 Å². The lowest BCUT2D eigenvalue weighted by Crippen LogP contribution is -2.19. The van der Waals surface area contributed by atoms with Gasteiger partial charge >= 0.3 is 0 Å². The molecule has 2 fully saturated rings. The second-order valence-corrected chi connectivity index (χ2v) is 4.92. The number of hydrogen-bond acceptors (Lipinski definition) is 5. The van der Waals surface area contributed by atoms with Crippen LogP contribution in [0.1, 0.15) is 19.3 Å². The number of fused-ring (bicyclic) bond motifs is 1. The zero-order valence-electron chi connectivity index (χ0n) is 10.9. The monoisotopic (exact) mass is 260 g/mol. The summed E-state index contributed by atoms with van der Waals surface area (Å²) in [6.07, 6.45) is 4.71. The van der Waals surface area contributed by atoms with Crippen molar-refractivity contribution >= 4 is 0 Å². The van der Waals surface area contributed by atoms with Crippen LogP contribution >= 0.6 is 0 Å². The third-order valence-corrected chi connectivity index (χ3v) is 3.45. The van der Waals surface area contributed by atoms with Gasteiger partial charge in [0.2, 0.25) is 0 Å². The molecule has 1 aliphatic heterocycles. The fourth-order valence-electron chi connectivity index (χ4n) is 2.39. The van der Waals surface area contributed by atoms with Crippen LogP contribution < -0.4 is 0 Å². The first-order valence-electron chi connectivity index (χ1n) is 6.89. The highest BCUT2D eigenvalue weighted by Gasteiger charge is 2.43. The summed E-state index contributed by atoms with van der Waals surface area (Å²) in [7, 11) is 0. The molecular formula is C13H24O5. The number of ether oxygens (including phenoxy) is 4. The van der Waals surface area contributed by atoms with Gasteiger partial charge < -0.3 is 24.1 Å². The molecular weight excluding hydrogens is 236 g/mol. The van der Waals surface area contributed by atoms with Gasteiger partial charge in [-0.05, 0) is 25.2 Å². The minimum absolute atomic E-state index is 0.0655. The normalized spacial score (nSPS) is 30.2. The van der Waals surface area contributed by atoms with Crippen LogP contribution in [0.2, 0.25) is 0 Å². The Kier molecular flexibility index (Phi) is 6.37. The van der Waals surface area contributed by atoms with Crippen LogP contribution in [-0.4, -0.2) is 63.6 Å². The molecule has 1 aliphatic carbocycles. The second-order valence-electron chi connectivity index (χ2n) is 4.92. The van der Waals surface area contributed by atoms with Crippen molar-refractivity contribution in [1.82, 2.24) is 0 Å². The van der Waals surface area contributed by atoms with Crippen LogP contribution in [0, 0.1) is 5.92 Å². The molecule has 18 heavy (non-hydrogen) atoms. The van der Waals surface area contributed by atoms with Crippen molar-refractivity contribution in [3.63, 3.8) is 0 Å². The quantitative estimate of drug-likeness (QED) is 0.460. The summed E-state index contributed by atoms with van der Waals surface area (Å²) < 4.78 is 21.5. The lowest BCUT2D eigenvalue weighted by molar-refractivity contribution is -0.0000212. The second kappa shape index (κ2) is 8.07. The minimum atomic E-state index is 0.0655. The number of epoxide rings is 1. The van der Waals surface area contributed by atoms with E-state index in [2.05, 4.69) is 0 Å². The van der Waals surface area contributed by atoms with Gasteiger partial charge in [-0.1, -0.05) is 0 Å². The number of aliphatic hydroxyl groups excluding tert-OH is 1. The standard InChI is InChI=1S/C13H24O5/c14-3-4-15-5-6-16-7-8-17-10-11-1-2-12-13(9-11)18-12/h11-14H,1-10H2. The molecule has 0 amide bonds. The maximum Gasteiger partial charge on any atom is 0.0845 e. The molecule has 1 N–H and O–H groups in total. The van der Waals surface area contributed by atoms with E-state index in [9.17, 15) is 0 Å². The zero-order valence-corrected chi connectivity index (χ0v) is 10.9. The van der Waals surface area contributed by atoms with Gasteiger partial charge in [-0.2, -0.15) is 0 Å². The predicted molar refractivity (Wildman–Crippen MR) is 65.5 cm³/mol. The first-order valence-corrected chi connectivity index (χ1v) is 6.89. The van der Waals surface area contributed by atoms with E-state index < -0.39 is 0 Å². The summed E-state index contributed by atoms with van der Waals surface area (Å²) in [5.41, 5.74) is 0. The molecule has 0 radical (unpaired) electrons. The zero-order chi connectivity index (χ0) is 12.6. The van der Waals surface area contributed by atoms with Crippen LogP contribution in [-0.2, 0) is 18.9 Å². The predicted octanol–water partition coefficient (Wildman–Crippen LogP) is 0.596. The van der Waals surface area contributed by atoms with Crippen LogP contribution in [0.25, 0.3) is 0 Å². The molecule has 1 saturated carbocycles. The minimum Gasteiger partial charge on any atom is -0.394 e. The Balaban J connectivity index is 1.33. The van der Waals surface area contributed by atoms with E-state index in [1.807, 2.05) is 0 Å². The fraction of sp³-hybridized carbons (Fsp3) is 1.00. The van der Waals surface area contributed by atoms with Gasteiger partial charge in [-0.3, -0.25) is 0 Å². The van der Waals surface area contributed by atoms with Crippen molar-refractivity contribution < 1.29 is 24.1 Å². The first-order chi connectivity index (χ1) is 8.90. The summed E-state index contributed by atoms with van der Waals surface area (Å²) in [4.78, 5) is 0. The molecule has 0 aromatic rings. The summed E-state index contributed by atoms with van der Waals surface area (Å²) in [6, 6.07) is 0. The number of aliphatic hydroxyl groups is 1. The van der Waals surface area contributed by atoms with Crippen LogP contribution in [0.5, 0.6) is 0 Å². The van der Waals surface area contributed by atoms with E-state index in [0.717, 1.165) is 6.61 Å². The van der Waals surface area contributed by atoms with Crippen LogP contribution in [0.3, 0.4) is 0 Å². The van der Waals surface area contributed by atoms with E-state index >= 15 is 0 Å². The molecule has 2 rings (SSSR count). The van der Waals surface area contributed by atoms with E-state index in [-0.39, 0.29) is 6.61 Å². The highest BCUT2D eigenvalue weighted by molar-refractivity contribution is 4.91. The molecule has 2 aliphatic rings. The van der Waals surface area contributed by atoms with Crippen LogP contribution in [0.15, 0.2) is 0 Å². The summed E-state index contributed by atoms with van der Waals surface area (Å²) in [6.45, 7) is 3.62. The van der Waals surface area contributed by atoms with Gasteiger partial charge in [0.25, 0.3) is 0 Å². The van der Waals surface area contributed by atoms with Gasteiger partial charge in [0.1, 0.15) is 0 Å². The summed E-state index contributed by atoms with van der Waals surface area (Å²) in [5, 5.41) is 8.49. The molecule has 0 bridgehead atoms. The van der Waals surface area contributed by atoms with Gasteiger partial charge in [-0.25, -0.2) is 0 Å². The summed E-state index contributed by atoms with van der Waals surface area (Å²) >= 11 is 0. The molecule has 5 nitrogen and oxygen atoms in total. The van der Waals surface area contributed by atoms with E-state index in [4.69, 9.17) is 24.1 Å². The lowest BCUT2D eigenvalue weighted by Gasteiger charge is -2.18. The Morgan fingerprint density at radius 3 is 2.33 bits per heavy atom. The van der Waals surface area contributed by atoms with E-state index in [1.165, 1.54) is 19.3 Å². The Labute approximate surface area is 108 Å². The van der Waals surface area contributed by atoms with Crippen molar-refractivity contribution in [3.8, 4) is 0 Å². The maximum atomic E-state index is 8.49. The average Bonchev–Trinajstić information content (AvgIpc) is 3.15. The molecule has 0 spiro atoms. The largest absolute Gasteiger partial charge is 0.394 e. The average molecular weight is 260 g/mol. The molecule has 1 saturated heterocycles. The first kappa shape index (κ1) is 14.2. The topological polar surface area (TPSA) is 60.5 Å². The van der Waals surface area contributed by atoms with Gasteiger partial charge in [0.05, 0.1) is 51.8 Å². The summed E-state index contributed by atoms with van der Waals surface area (Å²) in [5.74, 6) is 0.668. The van der Waals surface area contributed by atoms with Crippen molar-refractivity contribution in [3.05, 3.63) is 0 Å². The Bertz CT molecular complexity index is 223. The Morgan fingerprint density at radius 2 is 1.61 bits per heavy atom. The number of hydrogen-bond donors (Lipinski definition) is 1. The van der Waals surface area contributed by atoms with E-state index in [0.29, 0.717) is 51.2 Å². The third kappa shape index (κ3) is 5.20. The Hall–Kier alpha value is -0.200. The molecule has 0 aromatic carbocycles. The van der Waals surface area contributed by atoms with Gasteiger partial charge in [0, 0.05) is 6.61 Å². The molecule has 1 heterocycles. The molecule has 0 aromatic heterocycles. The highest BCUT2D eigenvalue weighted by Crippen LogP contribution is 2.39. The van der Waals surface area contributed by atoms with Crippen LogP contribution in [0.4, 0.5) is 0 Å².